The number of nitrogens with zero attached hydrogens (tertiary/aromatic N) is 16. The molecule has 9 aliphatic rings. The first-order valence-corrected chi connectivity index (χ1v) is 38.3. The van der Waals surface area contributed by atoms with Crippen LogP contribution in [0.4, 0.5) is 88.5 Å². The van der Waals surface area contributed by atoms with E-state index in [-0.39, 0.29) is 108 Å². The molecule has 8 bridgehead atoms. The van der Waals surface area contributed by atoms with E-state index in [2.05, 4.69) is 80.7 Å². The summed E-state index contributed by atoms with van der Waals surface area (Å²) >= 11 is 0. The van der Waals surface area contributed by atoms with Crippen molar-refractivity contribution in [1.82, 2.24) is 39.9 Å². The van der Waals surface area contributed by atoms with Crippen molar-refractivity contribution >= 4 is 117 Å². The molecule has 112 heavy (non-hydrogen) atoms. The van der Waals surface area contributed by atoms with Crippen molar-refractivity contribution in [3.05, 3.63) is 169 Å². The quantitative estimate of drug-likeness (QED) is 0.0392. The van der Waals surface area contributed by atoms with Crippen LogP contribution in [-0.4, -0.2) is 198 Å². The molecule has 5 fully saturated rings. The topological polar surface area (TPSA) is 374 Å². The highest BCUT2D eigenvalue weighted by atomic mass is 16.3. The Labute approximate surface area is 647 Å². The Morgan fingerprint density at radius 3 is 1.07 bits per heavy atom. The molecule has 31 nitrogen and oxygen atoms in total. The number of Topliss-reactive ketones (excluding diaryl/α,β-unsaturated/α-hetero) is 4. The van der Waals surface area contributed by atoms with E-state index in [1.807, 2.05) is 63.2 Å². The summed E-state index contributed by atoms with van der Waals surface area (Å²) in [5, 5.41) is 39.5. The van der Waals surface area contributed by atoms with Crippen LogP contribution in [0, 0.1) is 11.3 Å². The Hall–Kier alpha value is -12.0. The lowest BCUT2D eigenvalue weighted by atomic mass is 9.79. The minimum Gasteiger partial charge on any atom is -0.396 e. The SMILES string of the molecule is CC(C)(CCO)CC(=O)c1ccc2c(n1)N(C(=O)Nc1ccccn1)[C@H]1CCN2C1.CCC(=O)c1ccc2c(n1)N(C(=O)Nc1ccccn1)[C@H]1CCN2C1.C[C@H](O)CCC(=O)c1ccc2c(n1)N(C(=O)Nc1ccccn1)[C@H]1CCN2C1.O=C(CC1CC(O)C1)c1ccc2c(n1)N(C(=O)Nc1ccccn1)[C@H]1CCN2C1. The highest BCUT2D eigenvalue weighted by molar-refractivity contribution is 6.09. The van der Waals surface area contributed by atoms with Crippen LogP contribution < -0.4 is 60.5 Å². The number of hydrogen-bond acceptors (Lipinski definition) is 23. The number of anilines is 12. The predicted molar refractivity (Wildman–Crippen MR) is 424 cm³/mol. The summed E-state index contributed by atoms with van der Waals surface area (Å²) in [5.74, 6) is 3.96. The molecule has 31 heteroatoms. The molecular formula is C81H92N20O11. The molecule has 17 rings (SSSR count). The van der Waals surface area contributed by atoms with Crippen LogP contribution >= 0.6 is 0 Å². The Bertz CT molecular complexity index is 4790. The molecule has 0 spiro atoms. The smallest absolute Gasteiger partial charge is 0.329 e. The van der Waals surface area contributed by atoms with Crippen LogP contribution in [0.1, 0.15) is 147 Å². The van der Waals surface area contributed by atoms with Gasteiger partial charge >= 0.3 is 24.1 Å². The standard InChI is InChI=1S/C22H27N5O3.C21H23N5O3.C20H23N5O3.C18H19N5O2/c1-22(2,9-12-28)13-18(29)16-6-7-17-20(24-16)27(15-8-11-26(17)14-15)21(30)25-19-5-3-4-10-23-19;27-15-9-13(10-15)11-18(28)16-4-5-17-20(23-16)26(14-6-8-25(17)12-14)21(29)24-19-3-1-2-7-22-19;1-13(26)5-8-17(27)15-6-7-16-19(22-15)25(14-9-11-24(16)12-14)20(28)23-18-4-2-3-10-21-18;1-2-15(24)13-6-7-14-17(20-13)23(12-8-10-22(14)11-12)18(25)21-16-5-3-4-9-19-16/h3-7,10,15,28H,8-9,11-14H2,1-2H3,(H,23,25,30);1-5,7,13-15,27H,6,8-12H2,(H,22,24,29);2-4,6-7,10,13-14,26H,5,8-9,11-12H2,1H3,(H,21,23,28);3-7,9,12H,2,8,10-11H2,1H3,(H,19,21,25)/t15-;13?,14-,15?;13-,14-;12-/m0000/s1. The summed E-state index contributed by atoms with van der Waals surface area (Å²) in [6.07, 6.45) is 12.7. The van der Waals surface area contributed by atoms with E-state index in [1.54, 1.807) is 130 Å². The zero-order valence-corrected chi connectivity index (χ0v) is 63.0. The summed E-state index contributed by atoms with van der Waals surface area (Å²) in [6, 6.07) is 34.8. The van der Waals surface area contributed by atoms with Crippen molar-refractivity contribution in [3.63, 3.8) is 0 Å². The maximum Gasteiger partial charge on any atom is 0.329 e. The zero-order chi connectivity index (χ0) is 78.3. The average Bonchev–Trinajstić information content (AvgIpc) is 1.55. The summed E-state index contributed by atoms with van der Waals surface area (Å²) in [6.45, 7) is 13.9. The molecule has 0 unspecified atom stereocenters. The van der Waals surface area contributed by atoms with Gasteiger partial charge in [-0.2, -0.15) is 0 Å². The largest absolute Gasteiger partial charge is 0.396 e. The maximum atomic E-state index is 13.1. The van der Waals surface area contributed by atoms with Gasteiger partial charge < -0.3 is 34.9 Å². The Morgan fingerprint density at radius 1 is 0.455 bits per heavy atom. The molecule has 0 aromatic carbocycles. The first-order valence-electron chi connectivity index (χ1n) is 38.3. The second-order valence-electron chi connectivity index (χ2n) is 30.2. The fourth-order valence-corrected chi connectivity index (χ4v) is 15.7. The normalized spacial score (nSPS) is 19.8. The molecular weight excluding hydrogens is 1430 g/mol. The number of ketones is 4. The lowest BCUT2D eigenvalue weighted by Gasteiger charge is -2.36. The lowest BCUT2D eigenvalue weighted by Crippen LogP contribution is -2.48. The number of hydrogen-bond donors (Lipinski definition) is 7. The number of pyridine rings is 8. The number of urea groups is 4. The van der Waals surface area contributed by atoms with Crippen molar-refractivity contribution in [2.75, 3.05) is 119 Å². The van der Waals surface area contributed by atoms with Crippen molar-refractivity contribution < 1.29 is 53.7 Å². The second-order valence-corrected chi connectivity index (χ2v) is 30.2. The number of aliphatic hydroxyl groups excluding tert-OH is 3. The number of aromatic nitrogens is 8. The van der Waals surface area contributed by atoms with Gasteiger partial charge in [-0.3, -0.25) is 60.0 Å². The summed E-state index contributed by atoms with van der Waals surface area (Å²) in [7, 11) is 0. The zero-order valence-electron chi connectivity index (χ0n) is 63.0. The van der Waals surface area contributed by atoms with Gasteiger partial charge in [0, 0.05) is 109 Å². The van der Waals surface area contributed by atoms with E-state index < -0.39 is 6.10 Å². The molecule has 8 amide bonds. The van der Waals surface area contributed by atoms with Gasteiger partial charge in [0.2, 0.25) is 0 Å². The highest BCUT2D eigenvalue weighted by Crippen LogP contribution is 2.44. The first-order chi connectivity index (χ1) is 54.2. The lowest BCUT2D eigenvalue weighted by molar-refractivity contribution is 0.0379. The van der Waals surface area contributed by atoms with Crippen LogP contribution in [0.3, 0.4) is 0 Å². The predicted octanol–water partition coefficient (Wildman–Crippen LogP) is 10.7. The van der Waals surface area contributed by atoms with Crippen LogP contribution in [0.25, 0.3) is 0 Å². The van der Waals surface area contributed by atoms with E-state index in [0.29, 0.717) is 108 Å². The average molecular weight is 1520 g/mol. The van der Waals surface area contributed by atoms with Gasteiger partial charge in [-0.15, -0.1) is 0 Å². The number of fused-ring (bicyclic) bond motifs is 16. The number of aliphatic hydroxyl groups is 3. The Balaban J connectivity index is 0.000000124. The van der Waals surface area contributed by atoms with Crippen molar-refractivity contribution in [2.45, 2.75) is 141 Å². The fraction of sp³-hybridized carbons (Fsp3) is 0.407. The molecule has 8 aromatic heterocycles. The molecule has 582 valence electrons. The van der Waals surface area contributed by atoms with E-state index in [1.165, 1.54) is 0 Å². The summed E-state index contributed by atoms with van der Waals surface area (Å²) < 4.78 is 0. The molecule has 0 radical (unpaired) electrons. The third kappa shape index (κ3) is 17.1. The highest BCUT2D eigenvalue weighted by Gasteiger charge is 2.46. The molecule has 16 heterocycles. The van der Waals surface area contributed by atoms with Gasteiger partial charge in [0.1, 0.15) is 46.0 Å². The summed E-state index contributed by atoms with van der Waals surface area (Å²) in [4.78, 5) is 153. The minimum atomic E-state index is -0.538. The van der Waals surface area contributed by atoms with Crippen LogP contribution in [-0.2, 0) is 0 Å². The van der Waals surface area contributed by atoms with E-state index in [0.717, 1.165) is 101 Å². The number of carbonyl (C=O) groups excluding carboxylic acids is 8. The van der Waals surface area contributed by atoms with Gasteiger partial charge in [-0.1, -0.05) is 45.0 Å². The molecule has 5 atom stereocenters. The third-order valence-electron chi connectivity index (χ3n) is 21.6. The second kappa shape index (κ2) is 33.7. The van der Waals surface area contributed by atoms with Crippen LogP contribution in [0.2, 0.25) is 0 Å². The first kappa shape index (κ1) is 76.8. The number of carbonyl (C=O) groups is 8. The molecule has 8 aromatic rings. The van der Waals surface area contributed by atoms with Gasteiger partial charge in [0.05, 0.1) is 59.1 Å². The molecule has 4 saturated heterocycles. The molecule has 1 aliphatic carbocycles. The van der Waals surface area contributed by atoms with Crippen molar-refractivity contribution in [2.24, 2.45) is 11.3 Å². The molecule has 7 N–H and O–H groups in total. The van der Waals surface area contributed by atoms with Crippen molar-refractivity contribution in [1.29, 1.82) is 0 Å². The van der Waals surface area contributed by atoms with E-state index in [4.69, 9.17) is 0 Å². The van der Waals surface area contributed by atoms with Crippen molar-refractivity contribution in [3.8, 4) is 0 Å². The van der Waals surface area contributed by atoms with Gasteiger partial charge in [0.25, 0.3) is 0 Å². The third-order valence-corrected chi connectivity index (χ3v) is 21.6. The van der Waals surface area contributed by atoms with E-state index >= 15 is 0 Å². The number of amides is 8. The van der Waals surface area contributed by atoms with Gasteiger partial charge in [0.15, 0.2) is 46.4 Å². The van der Waals surface area contributed by atoms with Gasteiger partial charge in [-0.05, 0) is 167 Å². The molecule has 1 saturated carbocycles. The van der Waals surface area contributed by atoms with Crippen LogP contribution in [0.5, 0.6) is 0 Å². The number of nitrogens with one attached hydrogen (secondary N) is 4. The maximum absolute atomic E-state index is 13.1. The van der Waals surface area contributed by atoms with Gasteiger partial charge in [-0.25, -0.2) is 59.0 Å². The van der Waals surface area contributed by atoms with Crippen LogP contribution in [0.15, 0.2) is 146 Å². The monoisotopic (exact) mass is 1520 g/mol. The molecule has 8 aliphatic heterocycles. The Morgan fingerprint density at radius 2 is 0.777 bits per heavy atom. The fourth-order valence-electron chi connectivity index (χ4n) is 15.7. The Kier molecular flexibility index (Phi) is 23.1. The summed E-state index contributed by atoms with van der Waals surface area (Å²) in [5.41, 5.74) is 4.63. The number of rotatable bonds is 18. The minimum absolute atomic E-state index is 0.00453. The van der Waals surface area contributed by atoms with E-state index in [9.17, 15) is 53.7 Å².